The Morgan fingerprint density at radius 2 is 0.562 bits per heavy atom. The number of pyridine rings is 5. The molecule has 10 rings (SSSR count). The molecule has 0 spiro atoms. The van der Waals surface area contributed by atoms with E-state index in [-0.39, 0.29) is 0 Å². The van der Waals surface area contributed by atoms with Crippen molar-refractivity contribution in [3.05, 3.63) is 266 Å². The highest BCUT2D eigenvalue weighted by Crippen LogP contribution is 2.28. The molecule has 0 aliphatic heterocycles. The van der Waals surface area contributed by atoms with Crippen LogP contribution in [0.2, 0.25) is 0 Å². The van der Waals surface area contributed by atoms with E-state index in [2.05, 4.69) is 344 Å². The van der Waals surface area contributed by atoms with Crippen molar-refractivity contribution in [2.24, 2.45) is 35.2 Å². The fourth-order valence-electron chi connectivity index (χ4n) is 10.6. The summed E-state index contributed by atoms with van der Waals surface area (Å²) in [6, 6.07) is 56.1. The van der Waals surface area contributed by atoms with Crippen molar-refractivity contribution in [3.63, 3.8) is 0 Å². The molecule has 0 amide bonds. The second kappa shape index (κ2) is 27.6. The summed E-state index contributed by atoms with van der Waals surface area (Å²) in [7, 11) is 10.5. The molecular formula is C75H90N5+5. The Bertz CT molecular complexity index is 3550. The molecule has 0 radical (unpaired) electrons. The number of nitrogens with zero attached hydrogens (tertiary/aromatic N) is 5. The highest BCUT2D eigenvalue weighted by atomic mass is 14.9. The fraction of sp³-hybridized carbons (Fsp3) is 0.267. The van der Waals surface area contributed by atoms with E-state index in [4.69, 9.17) is 0 Å². The minimum Gasteiger partial charge on any atom is -0.201 e. The molecule has 5 aromatic carbocycles. The minimum absolute atomic E-state index is 1.29. The van der Waals surface area contributed by atoms with Gasteiger partial charge in [-0.15, -0.1) is 0 Å². The van der Waals surface area contributed by atoms with Crippen LogP contribution < -0.4 is 22.8 Å². The summed E-state index contributed by atoms with van der Waals surface area (Å²) < 4.78 is 11.0. The van der Waals surface area contributed by atoms with Gasteiger partial charge in [-0.25, -0.2) is 18.3 Å². The summed E-state index contributed by atoms with van der Waals surface area (Å²) in [6.07, 6.45) is 8.50. The quantitative estimate of drug-likeness (QED) is 0.153. The van der Waals surface area contributed by atoms with Gasteiger partial charge >= 0.3 is 0 Å². The topological polar surface area (TPSA) is 19.4 Å². The average molecular weight is 1060 g/mol. The summed E-state index contributed by atoms with van der Waals surface area (Å²) in [5.41, 5.74) is 33.1. The zero-order chi connectivity index (χ0) is 58.5. The number of hydrogen-bond acceptors (Lipinski definition) is 0. The van der Waals surface area contributed by atoms with Gasteiger partial charge < -0.3 is 0 Å². The van der Waals surface area contributed by atoms with Gasteiger partial charge in [0.25, 0.3) is 0 Å². The van der Waals surface area contributed by atoms with Crippen LogP contribution in [0.5, 0.6) is 0 Å². The van der Waals surface area contributed by atoms with E-state index in [1.807, 2.05) is 0 Å². The third-order valence-corrected chi connectivity index (χ3v) is 15.7. The first-order chi connectivity index (χ1) is 38.0. The molecule has 0 fully saturated rings. The number of benzene rings is 5. The summed E-state index contributed by atoms with van der Waals surface area (Å²) >= 11 is 0. The van der Waals surface area contributed by atoms with Crippen LogP contribution in [0.4, 0.5) is 0 Å². The molecule has 0 saturated carbocycles. The normalized spacial score (nSPS) is 10.5. The predicted octanol–water partition coefficient (Wildman–Crippen LogP) is 15.5. The van der Waals surface area contributed by atoms with Gasteiger partial charge in [0.05, 0.1) is 11.1 Å². The Labute approximate surface area is 481 Å². The molecule has 5 nitrogen and oxygen atoms in total. The third kappa shape index (κ3) is 14.9. The Hall–Kier alpha value is -8.15. The molecule has 0 aliphatic carbocycles. The summed E-state index contributed by atoms with van der Waals surface area (Å²) in [5, 5.41) is 0. The molecule has 0 N–H and O–H groups in total. The number of aryl methyl sites for hydroxylation is 17. The van der Waals surface area contributed by atoms with Crippen LogP contribution in [0.25, 0.3) is 56.3 Å². The van der Waals surface area contributed by atoms with Crippen LogP contribution in [0.1, 0.15) is 83.6 Å². The minimum atomic E-state index is 1.29. The van der Waals surface area contributed by atoms with Crippen molar-refractivity contribution < 1.29 is 22.8 Å². The fourth-order valence-corrected chi connectivity index (χ4v) is 10.6. The summed E-state index contributed by atoms with van der Waals surface area (Å²) in [5.74, 6) is 0. The van der Waals surface area contributed by atoms with E-state index in [0.717, 1.165) is 0 Å². The van der Waals surface area contributed by atoms with E-state index in [9.17, 15) is 0 Å². The van der Waals surface area contributed by atoms with E-state index >= 15 is 0 Å². The van der Waals surface area contributed by atoms with Crippen molar-refractivity contribution >= 4 is 0 Å². The van der Waals surface area contributed by atoms with Crippen LogP contribution in [0.3, 0.4) is 0 Å². The number of hydrogen-bond donors (Lipinski definition) is 0. The van der Waals surface area contributed by atoms with Crippen molar-refractivity contribution in [1.29, 1.82) is 0 Å². The van der Waals surface area contributed by atoms with Crippen LogP contribution in [-0.4, -0.2) is 0 Å². The van der Waals surface area contributed by atoms with Gasteiger partial charge in [-0.3, -0.25) is 0 Å². The zero-order valence-corrected chi connectivity index (χ0v) is 52.1. The van der Waals surface area contributed by atoms with Crippen molar-refractivity contribution in [2.75, 3.05) is 0 Å². The predicted molar refractivity (Wildman–Crippen MR) is 336 cm³/mol. The Kier molecular flexibility index (Phi) is 21.1. The molecule has 0 atom stereocenters. The molecule has 0 aliphatic rings. The molecule has 410 valence electrons. The van der Waals surface area contributed by atoms with Gasteiger partial charge in [-0.1, -0.05) is 91.0 Å². The van der Waals surface area contributed by atoms with Crippen LogP contribution >= 0.6 is 0 Å². The average Bonchev–Trinajstić information content (AvgIpc) is 3.43. The lowest BCUT2D eigenvalue weighted by molar-refractivity contribution is -0.666. The van der Waals surface area contributed by atoms with Gasteiger partial charge in [-0.2, -0.15) is 4.57 Å². The Morgan fingerprint density at radius 3 is 0.925 bits per heavy atom. The van der Waals surface area contributed by atoms with Gasteiger partial charge in [-0.05, 0) is 182 Å². The monoisotopic (exact) mass is 1060 g/mol. The Balaban J connectivity index is 0.000000161. The summed E-state index contributed by atoms with van der Waals surface area (Å²) in [6.45, 7) is 32.5. The van der Waals surface area contributed by atoms with E-state index in [0.29, 0.717) is 0 Å². The van der Waals surface area contributed by atoms with Gasteiger partial charge in [0.2, 0.25) is 28.5 Å². The molecule has 5 aromatic heterocycles. The van der Waals surface area contributed by atoms with Crippen molar-refractivity contribution in [3.8, 4) is 56.3 Å². The second-order valence-corrected chi connectivity index (χ2v) is 22.2. The molecule has 0 saturated heterocycles. The van der Waals surface area contributed by atoms with Crippen LogP contribution in [0, 0.1) is 104 Å². The first-order valence-corrected chi connectivity index (χ1v) is 28.1. The van der Waals surface area contributed by atoms with Crippen LogP contribution in [0.15, 0.2) is 183 Å². The molecule has 5 heterocycles. The number of aromatic nitrogens is 5. The molecule has 80 heavy (non-hydrogen) atoms. The molecule has 0 unspecified atom stereocenters. The third-order valence-electron chi connectivity index (χ3n) is 15.7. The lowest BCUT2D eigenvalue weighted by Crippen LogP contribution is -2.34. The standard InChI is InChI=1S/5C15H18N/c2*1-11-8-9-16(4)14(10-11)15-12(2)6-5-7-13(15)3;1-11-9-13(3)16(4)15(10-11)14-8-6-5-7-12(14)2;2*1-11-9-10-16(4)15(13(11)3)14-8-6-5-7-12(14)2/h5*5-10H,1-4H3/q5*+1. The van der Waals surface area contributed by atoms with Gasteiger partial charge in [0.1, 0.15) is 35.2 Å². The first kappa shape index (κ1) is 61.1. The van der Waals surface area contributed by atoms with Gasteiger partial charge in [0.15, 0.2) is 30.5 Å². The van der Waals surface area contributed by atoms with E-state index in [1.54, 1.807) is 0 Å². The molecule has 10 aromatic rings. The lowest BCUT2D eigenvalue weighted by Gasteiger charge is -2.08. The summed E-state index contributed by atoms with van der Waals surface area (Å²) in [4.78, 5) is 0. The maximum atomic E-state index is 2.25. The molecule has 5 heteroatoms. The Morgan fingerprint density at radius 1 is 0.250 bits per heavy atom. The number of rotatable bonds is 5. The van der Waals surface area contributed by atoms with Gasteiger partial charge in [0, 0.05) is 83.3 Å². The maximum absolute atomic E-state index is 2.25. The maximum Gasteiger partial charge on any atom is 0.215 e. The first-order valence-electron chi connectivity index (χ1n) is 28.1. The van der Waals surface area contributed by atoms with Crippen LogP contribution in [-0.2, 0) is 35.2 Å². The van der Waals surface area contributed by atoms with E-state index < -0.39 is 0 Å². The van der Waals surface area contributed by atoms with Crippen molar-refractivity contribution in [1.82, 2.24) is 0 Å². The molecular weight excluding hydrogens is 971 g/mol. The smallest absolute Gasteiger partial charge is 0.201 e. The largest absolute Gasteiger partial charge is 0.215 e. The lowest BCUT2D eigenvalue weighted by atomic mass is 9.98. The SMILES string of the molecule is Cc1cc(C)[n+](C)c(-c2ccccc2C)c1.Cc1cc[n+](C)c(-c2c(C)cccc2C)c1.Cc1cc[n+](C)c(-c2c(C)cccc2C)c1.Cc1ccccc1-c1c(C)c(C)cc[n+]1C.Cc1ccccc1-c1c(C)c(C)cc[n+]1C. The highest BCUT2D eigenvalue weighted by Gasteiger charge is 2.20. The zero-order valence-electron chi connectivity index (χ0n) is 52.1. The second-order valence-electron chi connectivity index (χ2n) is 22.2. The molecule has 0 bridgehead atoms. The van der Waals surface area contributed by atoms with Crippen molar-refractivity contribution in [2.45, 2.75) is 104 Å². The van der Waals surface area contributed by atoms with E-state index in [1.165, 1.54) is 140 Å². The highest BCUT2D eigenvalue weighted by molar-refractivity contribution is 5.68.